The summed E-state index contributed by atoms with van der Waals surface area (Å²) in [4.78, 5) is 0. The summed E-state index contributed by atoms with van der Waals surface area (Å²) in [5, 5.41) is 20.2. The van der Waals surface area contributed by atoms with E-state index in [0.29, 0.717) is 0 Å². The summed E-state index contributed by atoms with van der Waals surface area (Å²) in [5.41, 5.74) is 0. The minimum Gasteiger partial charge on any atom is -0.833 e. The van der Waals surface area contributed by atoms with Crippen molar-refractivity contribution in [3.63, 3.8) is 0 Å². The molecule has 8 nitrogen and oxygen atoms in total. The first-order chi connectivity index (χ1) is 5.24. The SMILES string of the molecule is O.[Mg+2].[O-]B1OB(OB2OB([O-])O2)O1. The van der Waals surface area contributed by atoms with E-state index in [1.807, 2.05) is 0 Å². The first-order valence-corrected chi connectivity index (χ1v) is 2.83. The maximum atomic E-state index is 10.1. The Balaban J connectivity index is 0.000000720. The fourth-order valence-electron chi connectivity index (χ4n) is 0.602. The molecule has 2 aliphatic rings. The van der Waals surface area contributed by atoms with Gasteiger partial charge in [0.15, 0.2) is 0 Å². The van der Waals surface area contributed by atoms with E-state index in [1.54, 1.807) is 0 Å². The summed E-state index contributed by atoms with van der Waals surface area (Å²) >= 11 is 0. The van der Waals surface area contributed by atoms with Crippen LogP contribution in [0, 0.1) is 0 Å². The Hall–Kier alpha value is 0.706. The second-order valence-electron chi connectivity index (χ2n) is 1.84. The molecule has 0 aromatic heterocycles. The molecule has 0 aromatic rings. The zero-order chi connectivity index (χ0) is 7.84. The van der Waals surface area contributed by atoms with Crippen molar-refractivity contribution in [3.8, 4) is 0 Å². The molecule has 2 aliphatic heterocycles. The van der Waals surface area contributed by atoms with Crippen molar-refractivity contribution >= 4 is 52.3 Å². The van der Waals surface area contributed by atoms with E-state index in [4.69, 9.17) is 0 Å². The Labute approximate surface area is 91.0 Å². The molecule has 0 unspecified atom stereocenters. The third-order valence-electron chi connectivity index (χ3n) is 1.11. The Morgan fingerprint density at radius 2 is 1.15 bits per heavy atom. The van der Waals surface area contributed by atoms with Crippen LogP contribution in [0.15, 0.2) is 0 Å². The molecule has 2 saturated heterocycles. The van der Waals surface area contributed by atoms with E-state index >= 15 is 0 Å². The molecule has 2 rings (SSSR count). The van der Waals surface area contributed by atoms with Crippen molar-refractivity contribution in [2.75, 3.05) is 0 Å². The zero-order valence-electron chi connectivity index (χ0n) is 6.37. The number of hydrogen-bond acceptors (Lipinski definition) is 7. The Morgan fingerprint density at radius 3 is 1.38 bits per heavy atom. The van der Waals surface area contributed by atoms with E-state index in [-0.39, 0.29) is 28.5 Å². The zero-order valence-corrected chi connectivity index (χ0v) is 7.79. The van der Waals surface area contributed by atoms with Gasteiger partial charge in [-0.1, -0.05) is 0 Å². The molecule has 0 saturated carbocycles. The van der Waals surface area contributed by atoms with E-state index < -0.39 is 29.3 Å². The van der Waals surface area contributed by atoms with Gasteiger partial charge in [-0.05, 0) is 0 Å². The summed E-state index contributed by atoms with van der Waals surface area (Å²) in [5.74, 6) is 0. The summed E-state index contributed by atoms with van der Waals surface area (Å²) in [6.45, 7) is 0. The van der Waals surface area contributed by atoms with Crippen LogP contribution in [0.25, 0.3) is 0 Å². The van der Waals surface area contributed by atoms with Gasteiger partial charge in [-0.15, -0.1) is 0 Å². The van der Waals surface area contributed by atoms with Crippen LogP contribution in [0.5, 0.6) is 0 Å². The van der Waals surface area contributed by atoms with Crippen LogP contribution < -0.4 is 10.0 Å². The van der Waals surface area contributed by atoms with E-state index in [1.165, 1.54) is 0 Å². The molecular formula is H2B4MgO8. The summed E-state index contributed by atoms with van der Waals surface area (Å²) in [6.07, 6.45) is 0. The summed E-state index contributed by atoms with van der Waals surface area (Å²) < 4.78 is 21.8. The molecule has 0 amide bonds. The normalized spacial score (nSPS) is 19.8. The van der Waals surface area contributed by atoms with Crippen LogP contribution >= 0.6 is 0 Å². The van der Waals surface area contributed by atoms with Gasteiger partial charge in [0.25, 0.3) is 0 Å². The maximum Gasteiger partial charge on any atom is 2.00 e. The van der Waals surface area contributed by atoms with Crippen molar-refractivity contribution in [1.82, 2.24) is 0 Å². The smallest absolute Gasteiger partial charge is 0.833 e. The van der Waals surface area contributed by atoms with Gasteiger partial charge in [0.2, 0.25) is 0 Å². The molecule has 13 heteroatoms. The van der Waals surface area contributed by atoms with E-state index in [2.05, 4.69) is 22.9 Å². The van der Waals surface area contributed by atoms with Gasteiger partial charge < -0.3 is 38.4 Å². The van der Waals surface area contributed by atoms with Gasteiger partial charge in [0.1, 0.15) is 0 Å². The molecule has 0 atom stereocenters. The average molecular weight is 198 g/mol. The molecule has 0 bridgehead atoms. The Kier molecular flexibility index (Phi) is 5.86. The minimum atomic E-state index is -1.51. The molecule has 0 radical (unpaired) electrons. The second kappa shape index (κ2) is 5.55. The predicted molar refractivity (Wildman–Crippen MR) is 37.8 cm³/mol. The average Bonchev–Trinajstić information content (AvgIpc) is 1.81. The fraction of sp³-hybridized carbons (Fsp3) is 0. The van der Waals surface area contributed by atoms with Crippen LogP contribution in [0.2, 0.25) is 0 Å². The molecule has 0 aliphatic carbocycles. The van der Waals surface area contributed by atoms with Gasteiger partial charge >= 0.3 is 52.3 Å². The molecule has 0 aromatic carbocycles. The van der Waals surface area contributed by atoms with Crippen LogP contribution in [0.3, 0.4) is 0 Å². The van der Waals surface area contributed by atoms with Gasteiger partial charge in [-0.2, -0.15) is 0 Å². The molecule has 2 N–H and O–H groups in total. The van der Waals surface area contributed by atoms with Crippen molar-refractivity contribution in [3.05, 3.63) is 0 Å². The third kappa shape index (κ3) is 3.40. The fourth-order valence-corrected chi connectivity index (χ4v) is 0.602. The molecule has 0 spiro atoms. The topological polar surface area (TPSA) is 124 Å². The van der Waals surface area contributed by atoms with Gasteiger partial charge in [0.05, 0.1) is 0 Å². The molecule has 2 heterocycles. The largest absolute Gasteiger partial charge is 2.00 e. The second-order valence-corrected chi connectivity index (χ2v) is 1.84. The van der Waals surface area contributed by atoms with Crippen molar-refractivity contribution in [2.24, 2.45) is 0 Å². The summed E-state index contributed by atoms with van der Waals surface area (Å²) in [7, 11) is -5.17. The Bertz CT molecular complexity index is 127. The minimum absolute atomic E-state index is 0. The molecule has 13 heavy (non-hydrogen) atoms. The van der Waals surface area contributed by atoms with Crippen LogP contribution in [0.1, 0.15) is 0 Å². The first kappa shape index (κ1) is 13.7. The first-order valence-electron chi connectivity index (χ1n) is 2.83. The molecule has 64 valence electrons. The van der Waals surface area contributed by atoms with Crippen molar-refractivity contribution in [2.45, 2.75) is 0 Å². The number of rotatable bonds is 2. The van der Waals surface area contributed by atoms with Gasteiger partial charge in [-0.25, -0.2) is 0 Å². The summed E-state index contributed by atoms with van der Waals surface area (Å²) in [6, 6.07) is 0. The van der Waals surface area contributed by atoms with Gasteiger partial charge in [0, 0.05) is 0 Å². The molecule has 2 fully saturated rings. The van der Waals surface area contributed by atoms with Crippen molar-refractivity contribution < 1.29 is 38.4 Å². The van der Waals surface area contributed by atoms with E-state index in [0.717, 1.165) is 0 Å². The Morgan fingerprint density at radius 1 is 0.846 bits per heavy atom. The van der Waals surface area contributed by atoms with Gasteiger partial charge in [-0.3, -0.25) is 0 Å². The van der Waals surface area contributed by atoms with Crippen LogP contribution in [0.4, 0.5) is 0 Å². The standard InChI is InChI=1S/B4O7.Mg.H2O/c5-1-7-3(8-1)11-4-9-2(6)10-4;;/h;;1H2/q-2;+2;. The maximum absolute atomic E-state index is 10.1. The number of hydrogen-bond donors (Lipinski definition) is 0. The molecular weight excluding hydrogens is 196 g/mol. The van der Waals surface area contributed by atoms with E-state index in [9.17, 15) is 10.0 Å². The van der Waals surface area contributed by atoms with Crippen LogP contribution in [-0.2, 0) is 22.9 Å². The predicted octanol–water partition coefficient (Wildman–Crippen LogP) is -5.45. The third-order valence-corrected chi connectivity index (χ3v) is 1.11. The van der Waals surface area contributed by atoms with Crippen LogP contribution in [-0.4, -0.2) is 57.8 Å². The monoisotopic (exact) mass is 198 g/mol. The quantitative estimate of drug-likeness (QED) is 0.405. The van der Waals surface area contributed by atoms with Crippen molar-refractivity contribution in [1.29, 1.82) is 0 Å².